The zero-order valence-corrected chi connectivity index (χ0v) is 25.0. The maximum Gasteiger partial charge on any atom is 0.412 e. The molecule has 5 N–H and O–H groups in total. The largest absolute Gasteiger partial charge is 0.444 e. The maximum atomic E-state index is 13.9. The van der Waals surface area contributed by atoms with Gasteiger partial charge in [0.2, 0.25) is 5.91 Å². The number of pyridine rings is 2. The van der Waals surface area contributed by atoms with Crippen molar-refractivity contribution < 1.29 is 19.1 Å². The van der Waals surface area contributed by atoms with Gasteiger partial charge in [0.1, 0.15) is 6.61 Å². The number of nitrogens with two attached hydrogens (primary N) is 1. The molecule has 0 unspecified atom stereocenters. The first-order chi connectivity index (χ1) is 21.8. The van der Waals surface area contributed by atoms with Crippen LogP contribution in [0, 0.1) is 5.92 Å². The second-order valence-corrected chi connectivity index (χ2v) is 11.5. The number of hydrogen-bond donors (Lipinski definition) is 4. The summed E-state index contributed by atoms with van der Waals surface area (Å²) in [5.74, 6) is -0.196. The maximum absolute atomic E-state index is 13.9. The third-order valence-electron chi connectivity index (χ3n) is 7.95. The van der Waals surface area contributed by atoms with Crippen molar-refractivity contribution >= 4 is 51.6 Å². The summed E-state index contributed by atoms with van der Waals surface area (Å²) < 4.78 is 5.44. The molecule has 12 heteroatoms. The third-order valence-corrected chi connectivity index (χ3v) is 7.95. The molecule has 12 nitrogen and oxygen atoms in total. The number of aromatic nitrogens is 2. The number of rotatable bonds is 7. The quantitative estimate of drug-likeness (QED) is 0.246. The number of carbonyl (C=O) groups excluding carboxylic acids is 3. The van der Waals surface area contributed by atoms with Crippen molar-refractivity contribution in [2.24, 2.45) is 11.7 Å². The molecule has 2 fully saturated rings. The van der Waals surface area contributed by atoms with Gasteiger partial charge < -0.3 is 30.9 Å². The topological polar surface area (TPSA) is 155 Å². The van der Waals surface area contributed by atoms with Gasteiger partial charge >= 0.3 is 6.09 Å². The van der Waals surface area contributed by atoms with Crippen LogP contribution in [0.25, 0.3) is 10.9 Å². The molecule has 2 aromatic carbocycles. The number of nitrogens with zero attached hydrogens (tertiary/aromatic N) is 4. The van der Waals surface area contributed by atoms with Crippen LogP contribution in [-0.4, -0.2) is 66.6 Å². The Labute approximate surface area is 261 Å². The highest BCUT2D eigenvalue weighted by atomic mass is 16.5. The van der Waals surface area contributed by atoms with Crippen LogP contribution in [0.5, 0.6) is 0 Å². The second-order valence-electron chi connectivity index (χ2n) is 11.5. The minimum atomic E-state index is -0.726. The highest BCUT2D eigenvalue weighted by molar-refractivity contribution is 6.11. The van der Waals surface area contributed by atoms with E-state index in [1.165, 1.54) is 0 Å². The first kappa shape index (κ1) is 30.0. The van der Waals surface area contributed by atoms with Crippen LogP contribution in [0.3, 0.4) is 0 Å². The number of carbonyl (C=O) groups is 3. The molecule has 0 radical (unpaired) electrons. The van der Waals surface area contributed by atoms with Gasteiger partial charge in [-0.3, -0.25) is 19.9 Å². The number of hydrogen-bond acceptors (Lipinski definition) is 9. The van der Waals surface area contributed by atoms with Crippen molar-refractivity contribution in [3.05, 3.63) is 84.3 Å². The molecular formula is C33H36N8O4. The fourth-order valence-electron chi connectivity index (χ4n) is 5.88. The van der Waals surface area contributed by atoms with Crippen molar-refractivity contribution in [1.82, 2.24) is 15.3 Å². The number of ether oxygens (including phenoxy) is 1. The fourth-order valence-corrected chi connectivity index (χ4v) is 5.88. The van der Waals surface area contributed by atoms with Gasteiger partial charge in [0.05, 0.1) is 35.3 Å². The first-order valence-electron chi connectivity index (χ1n) is 15.0. The third kappa shape index (κ3) is 7.03. The summed E-state index contributed by atoms with van der Waals surface area (Å²) in [4.78, 5) is 52.2. The van der Waals surface area contributed by atoms with E-state index >= 15 is 0 Å². The predicted molar refractivity (Wildman–Crippen MR) is 173 cm³/mol. The van der Waals surface area contributed by atoms with Crippen LogP contribution in [-0.2, 0) is 16.1 Å². The Bertz CT molecular complexity index is 1710. The van der Waals surface area contributed by atoms with Gasteiger partial charge in [-0.05, 0) is 42.2 Å². The standard InChI is InChI=1S/C33H36N8O4/c1-21-13-24(34)19-40(18-21)29-9-10-35-16-28(29)38-32(43)31-27(39-33(44)45-20-22-5-3-2-4-6-22)14-23-7-8-25(15-26(23)37-31)41-12-11-36-17-30(41)42/h2-10,14-16,21,24,36H,11-13,17-20,34H2,1H3,(H,38,43)(H,39,44)/t21-,24+/m1/s1. The van der Waals surface area contributed by atoms with Crippen LogP contribution < -0.4 is 31.5 Å². The molecule has 4 aromatic rings. The van der Waals surface area contributed by atoms with Crippen molar-refractivity contribution in [1.29, 1.82) is 0 Å². The molecule has 0 saturated carbocycles. The molecule has 45 heavy (non-hydrogen) atoms. The molecule has 2 aromatic heterocycles. The van der Waals surface area contributed by atoms with Gasteiger partial charge in [-0.2, -0.15) is 0 Å². The molecule has 2 atom stereocenters. The monoisotopic (exact) mass is 608 g/mol. The Kier molecular flexibility index (Phi) is 8.85. The molecule has 0 spiro atoms. The van der Waals surface area contributed by atoms with Crippen molar-refractivity contribution in [2.45, 2.75) is 26.0 Å². The number of amides is 3. The zero-order chi connectivity index (χ0) is 31.3. The second kappa shape index (κ2) is 13.3. The average molecular weight is 609 g/mol. The highest BCUT2D eigenvalue weighted by Gasteiger charge is 2.26. The molecule has 2 aliphatic rings. The Hall–Kier alpha value is -5.07. The zero-order valence-electron chi connectivity index (χ0n) is 25.0. The summed E-state index contributed by atoms with van der Waals surface area (Å²) in [5.41, 5.74) is 9.80. The molecule has 0 aliphatic carbocycles. The van der Waals surface area contributed by atoms with E-state index in [1.807, 2.05) is 48.5 Å². The highest BCUT2D eigenvalue weighted by Crippen LogP contribution is 2.31. The number of benzene rings is 2. The molecular weight excluding hydrogens is 572 g/mol. The first-order valence-corrected chi connectivity index (χ1v) is 15.0. The van der Waals surface area contributed by atoms with E-state index in [1.54, 1.807) is 29.4 Å². The van der Waals surface area contributed by atoms with Gasteiger partial charge in [-0.15, -0.1) is 0 Å². The number of anilines is 4. The predicted octanol–water partition coefficient (Wildman–Crippen LogP) is 3.74. The van der Waals surface area contributed by atoms with Crippen molar-refractivity contribution in [2.75, 3.05) is 53.2 Å². The summed E-state index contributed by atoms with van der Waals surface area (Å²) in [6.07, 6.45) is 3.48. The smallest absolute Gasteiger partial charge is 0.412 e. The normalized spacial score (nSPS) is 18.5. The average Bonchev–Trinajstić information content (AvgIpc) is 3.04. The van der Waals surface area contributed by atoms with Crippen molar-refractivity contribution in [3.63, 3.8) is 0 Å². The van der Waals surface area contributed by atoms with Crippen molar-refractivity contribution in [3.8, 4) is 0 Å². The lowest BCUT2D eigenvalue weighted by Crippen LogP contribution is -2.48. The van der Waals surface area contributed by atoms with Gasteiger partial charge in [0.15, 0.2) is 5.69 Å². The molecule has 0 bridgehead atoms. The van der Waals surface area contributed by atoms with Crippen LogP contribution in [0.15, 0.2) is 73.1 Å². The SMILES string of the molecule is C[C@@H]1C[C@H](N)CN(c2ccncc2NC(=O)c2nc3cc(N4CCNCC4=O)ccc3cc2NC(=O)OCc2ccccc2)C1. The number of nitrogens with one attached hydrogen (secondary N) is 3. The van der Waals surface area contributed by atoms with Crippen LogP contribution in [0.4, 0.5) is 27.5 Å². The summed E-state index contributed by atoms with van der Waals surface area (Å²) >= 11 is 0. The minimum absolute atomic E-state index is 0.0125. The molecule has 6 rings (SSSR count). The van der Waals surface area contributed by atoms with E-state index in [9.17, 15) is 14.4 Å². The van der Waals surface area contributed by atoms with E-state index in [2.05, 4.69) is 32.8 Å². The van der Waals surface area contributed by atoms with E-state index < -0.39 is 12.0 Å². The van der Waals surface area contributed by atoms with Gasteiger partial charge in [0, 0.05) is 49.5 Å². The minimum Gasteiger partial charge on any atom is -0.444 e. The fraction of sp³-hybridized carbons (Fsp3) is 0.303. The van der Waals surface area contributed by atoms with Crippen LogP contribution >= 0.6 is 0 Å². The summed E-state index contributed by atoms with van der Waals surface area (Å²) in [6, 6.07) is 18.3. The molecule has 4 heterocycles. The number of piperidine rings is 1. The molecule has 2 saturated heterocycles. The van der Waals surface area contributed by atoms with E-state index in [-0.39, 0.29) is 36.5 Å². The van der Waals surface area contributed by atoms with Crippen LogP contribution in [0.2, 0.25) is 0 Å². The summed E-state index contributed by atoms with van der Waals surface area (Å²) in [7, 11) is 0. The Morgan fingerprint density at radius 1 is 1.07 bits per heavy atom. The number of fused-ring (bicyclic) bond motifs is 1. The Morgan fingerprint density at radius 2 is 1.91 bits per heavy atom. The Morgan fingerprint density at radius 3 is 2.71 bits per heavy atom. The van der Waals surface area contributed by atoms with Gasteiger partial charge in [0.25, 0.3) is 5.91 Å². The van der Waals surface area contributed by atoms with E-state index in [0.29, 0.717) is 47.8 Å². The summed E-state index contributed by atoms with van der Waals surface area (Å²) in [5, 5.41) is 9.42. The molecule has 2 aliphatic heterocycles. The summed E-state index contributed by atoms with van der Waals surface area (Å²) in [6.45, 7) is 5.11. The lowest BCUT2D eigenvalue weighted by Gasteiger charge is -2.37. The van der Waals surface area contributed by atoms with Gasteiger partial charge in [-0.1, -0.05) is 43.3 Å². The van der Waals surface area contributed by atoms with E-state index in [4.69, 9.17) is 15.5 Å². The molecule has 232 valence electrons. The van der Waals surface area contributed by atoms with E-state index in [0.717, 1.165) is 24.2 Å². The lowest BCUT2D eigenvalue weighted by molar-refractivity contribution is -0.118. The molecule has 3 amide bonds. The number of piperazine rings is 1. The Balaban J connectivity index is 1.32. The van der Waals surface area contributed by atoms with Crippen LogP contribution in [0.1, 0.15) is 29.4 Å². The lowest BCUT2D eigenvalue weighted by atomic mass is 9.96. The van der Waals surface area contributed by atoms with Gasteiger partial charge in [-0.25, -0.2) is 9.78 Å².